The lowest BCUT2D eigenvalue weighted by Crippen LogP contribution is -2.30. The molecule has 1 aromatic carbocycles. The molecular weight excluding hydrogens is 432 g/mol. The second-order valence-electron chi connectivity index (χ2n) is 7.14. The molecule has 0 bridgehead atoms. The molecule has 0 aliphatic rings. The van der Waals surface area contributed by atoms with Crippen LogP contribution in [0.5, 0.6) is 0 Å². The Morgan fingerprint density at radius 2 is 1.91 bits per heavy atom. The van der Waals surface area contributed by atoms with Gasteiger partial charge in [-0.3, -0.25) is 29.1 Å². The molecule has 0 radical (unpaired) electrons. The number of nitro groups is 1. The monoisotopic (exact) mass is 450 g/mol. The van der Waals surface area contributed by atoms with Gasteiger partial charge in [0.25, 0.3) is 22.7 Å². The molecule has 33 heavy (non-hydrogen) atoms. The van der Waals surface area contributed by atoms with Crippen molar-refractivity contribution in [2.75, 3.05) is 6.54 Å². The Balaban J connectivity index is 1.44. The minimum absolute atomic E-state index is 0.0277. The van der Waals surface area contributed by atoms with E-state index >= 15 is 0 Å². The fourth-order valence-electron chi connectivity index (χ4n) is 3.18. The summed E-state index contributed by atoms with van der Waals surface area (Å²) < 4.78 is 3.96. The van der Waals surface area contributed by atoms with E-state index in [4.69, 9.17) is 0 Å². The quantitative estimate of drug-likeness (QED) is 0.306. The van der Waals surface area contributed by atoms with Crippen LogP contribution in [0.3, 0.4) is 0 Å². The number of nitro benzene ring substituents is 1. The number of hydrogen-bond donors (Lipinski definition) is 1. The number of aryl methyl sites for hydroxylation is 1. The maximum Gasteiger partial charge on any atom is 0.271 e. The van der Waals surface area contributed by atoms with E-state index in [-0.39, 0.29) is 42.1 Å². The van der Waals surface area contributed by atoms with Gasteiger partial charge in [-0.1, -0.05) is 12.1 Å². The number of carbonyl (C=O) groups is 1. The normalized spacial score (nSPS) is 10.9. The predicted octanol–water partition coefficient (Wildman–Crippen LogP) is 0.0732. The van der Waals surface area contributed by atoms with Gasteiger partial charge < -0.3 is 5.32 Å². The van der Waals surface area contributed by atoms with Crippen molar-refractivity contribution in [2.24, 2.45) is 7.05 Å². The van der Waals surface area contributed by atoms with E-state index in [0.717, 1.165) is 4.68 Å². The van der Waals surface area contributed by atoms with Gasteiger partial charge in [0, 0.05) is 31.8 Å². The van der Waals surface area contributed by atoms with E-state index in [0.29, 0.717) is 16.6 Å². The van der Waals surface area contributed by atoms with Crippen molar-refractivity contribution in [2.45, 2.75) is 13.1 Å². The first kappa shape index (κ1) is 21.5. The van der Waals surface area contributed by atoms with Crippen LogP contribution in [0.25, 0.3) is 11.0 Å². The molecule has 0 saturated carbocycles. The van der Waals surface area contributed by atoms with Crippen LogP contribution >= 0.6 is 0 Å². The summed E-state index contributed by atoms with van der Waals surface area (Å²) in [5.74, 6) is -0.444. The summed E-state index contributed by atoms with van der Waals surface area (Å²) >= 11 is 0. The Morgan fingerprint density at radius 1 is 1.15 bits per heavy atom. The second-order valence-corrected chi connectivity index (χ2v) is 7.14. The van der Waals surface area contributed by atoms with Crippen LogP contribution in [0.4, 0.5) is 5.69 Å². The van der Waals surface area contributed by atoms with Crippen molar-refractivity contribution in [3.8, 4) is 0 Å². The third-order valence-corrected chi connectivity index (χ3v) is 4.92. The van der Waals surface area contributed by atoms with Gasteiger partial charge in [-0.05, 0) is 11.6 Å². The molecule has 1 amide bonds. The molecular formula is C20H18N8O5. The van der Waals surface area contributed by atoms with Gasteiger partial charge in [0.05, 0.1) is 24.2 Å². The van der Waals surface area contributed by atoms with E-state index in [2.05, 4.69) is 20.5 Å². The zero-order valence-electron chi connectivity index (χ0n) is 17.4. The number of rotatable bonds is 7. The van der Waals surface area contributed by atoms with Crippen molar-refractivity contribution < 1.29 is 9.72 Å². The fourth-order valence-corrected chi connectivity index (χ4v) is 3.18. The highest BCUT2D eigenvalue weighted by Gasteiger charge is 2.12. The predicted molar refractivity (Wildman–Crippen MR) is 116 cm³/mol. The van der Waals surface area contributed by atoms with Crippen molar-refractivity contribution in [3.63, 3.8) is 0 Å². The first-order chi connectivity index (χ1) is 15.8. The summed E-state index contributed by atoms with van der Waals surface area (Å²) in [5, 5.41) is 21.8. The smallest absolute Gasteiger partial charge is 0.271 e. The van der Waals surface area contributed by atoms with Gasteiger partial charge in [-0.2, -0.15) is 10.2 Å². The Bertz CT molecular complexity index is 1470. The Kier molecular flexibility index (Phi) is 5.76. The first-order valence-electron chi connectivity index (χ1n) is 9.80. The highest BCUT2D eigenvalue weighted by molar-refractivity contribution is 5.91. The standard InChI is InChI=1S/C20H18N8O5/c1-25-17(29)7-6-16(24-25)19(30)21-8-9-27-18-15(10-23-27)20(31)26(12-22-18)11-13-2-4-14(5-3-13)28(32)33/h2-7,10,12H,8-9,11H2,1H3,(H,21,30). The summed E-state index contributed by atoms with van der Waals surface area (Å²) in [6, 6.07) is 8.53. The lowest BCUT2D eigenvalue weighted by molar-refractivity contribution is -0.384. The number of aromatic nitrogens is 6. The molecule has 0 saturated heterocycles. The van der Waals surface area contributed by atoms with Gasteiger partial charge in [-0.15, -0.1) is 0 Å². The third kappa shape index (κ3) is 4.51. The molecule has 4 rings (SSSR count). The molecule has 0 aliphatic carbocycles. The number of benzene rings is 1. The van der Waals surface area contributed by atoms with E-state index in [1.807, 2.05) is 0 Å². The molecule has 1 N–H and O–H groups in total. The molecule has 3 heterocycles. The van der Waals surface area contributed by atoms with Crippen molar-refractivity contribution in [1.82, 2.24) is 34.4 Å². The highest BCUT2D eigenvalue weighted by Crippen LogP contribution is 2.13. The zero-order chi connectivity index (χ0) is 23.5. The fraction of sp³-hybridized carbons (Fsp3) is 0.200. The van der Waals surface area contributed by atoms with Crippen LogP contribution in [-0.4, -0.2) is 46.5 Å². The van der Waals surface area contributed by atoms with Gasteiger partial charge in [0.1, 0.15) is 17.4 Å². The molecule has 0 fully saturated rings. The number of hydrogen-bond acceptors (Lipinski definition) is 8. The summed E-state index contributed by atoms with van der Waals surface area (Å²) in [5.41, 5.74) is 0.540. The molecule has 4 aromatic rings. The lowest BCUT2D eigenvalue weighted by atomic mass is 10.2. The Labute approximate surface area is 185 Å². The molecule has 0 atom stereocenters. The van der Waals surface area contributed by atoms with Crippen LogP contribution in [0, 0.1) is 10.1 Å². The van der Waals surface area contributed by atoms with Crippen LogP contribution < -0.4 is 16.4 Å². The topological polar surface area (TPSA) is 160 Å². The highest BCUT2D eigenvalue weighted by atomic mass is 16.6. The molecule has 0 aliphatic heterocycles. The summed E-state index contributed by atoms with van der Waals surface area (Å²) in [6.07, 6.45) is 2.80. The van der Waals surface area contributed by atoms with Gasteiger partial charge in [0.15, 0.2) is 5.65 Å². The van der Waals surface area contributed by atoms with Crippen LogP contribution in [-0.2, 0) is 20.1 Å². The molecule has 168 valence electrons. The van der Waals surface area contributed by atoms with Crippen LogP contribution in [0.15, 0.2) is 58.5 Å². The lowest BCUT2D eigenvalue weighted by Gasteiger charge is -2.08. The van der Waals surface area contributed by atoms with Crippen molar-refractivity contribution in [3.05, 3.63) is 91.0 Å². The molecule has 0 unspecified atom stereocenters. The van der Waals surface area contributed by atoms with Crippen LogP contribution in [0.2, 0.25) is 0 Å². The molecule has 0 spiro atoms. The van der Waals surface area contributed by atoms with Gasteiger partial charge in [0.2, 0.25) is 0 Å². The van der Waals surface area contributed by atoms with Gasteiger partial charge >= 0.3 is 0 Å². The van der Waals surface area contributed by atoms with Crippen LogP contribution in [0.1, 0.15) is 16.1 Å². The zero-order valence-corrected chi connectivity index (χ0v) is 17.4. The largest absolute Gasteiger partial charge is 0.349 e. The first-order valence-corrected chi connectivity index (χ1v) is 9.80. The molecule has 3 aromatic heterocycles. The van der Waals surface area contributed by atoms with Crippen molar-refractivity contribution >= 4 is 22.6 Å². The maximum atomic E-state index is 12.8. The van der Waals surface area contributed by atoms with Crippen molar-refractivity contribution in [1.29, 1.82) is 0 Å². The number of carbonyl (C=O) groups excluding carboxylic acids is 1. The summed E-state index contributed by atoms with van der Waals surface area (Å²) in [6.45, 7) is 0.668. The number of fused-ring (bicyclic) bond motifs is 1. The van der Waals surface area contributed by atoms with E-state index in [1.165, 1.54) is 53.1 Å². The SMILES string of the molecule is Cn1nc(C(=O)NCCn2ncc3c(=O)n(Cc4ccc([N+](=O)[O-])cc4)cnc32)ccc1=O. The maximum absolute atomic E-state index is 12.8. The summed E-state index contributed by atoms with van der Waals surface area (Å²) in [7, 11) is 1.45. The number of non-ortho nitro benzene ring substituents is 1. The summed E-state index contributed by atoms with van der Waals surface area (Å²) in [4.78, 5) is 51.0. The minimum atomic E-state index is -0.487. The third-order valence-electron chi connectivity index (χ3n) is 4.92. The Hall–Kier alpha value is -4.68. The average molecular weight is 450 g/mol. The Morgan fingerprint density at radius 3 is 2.61 bits per heavy atom. The van der Waals surface area contributed by atoms with E-state index in [1.54, 1.807) is 12.1 Å². The van der Waals surface area contributed by atoms with E-state index in [9.17, 15) is 24.5 Å². The minimum Gasteiger partial charge on any atom is -0.349 e. The molecule has 13 heteroatoms. The number of nitrogens with one attached hydrogen (secondary N) is 1. The number of amides is 1. The van der Waals surface area contributed by atoms with Gasteiger partial charge in [-0.25, -0.2) is 14.3 Å². The molecule has 13 nitrogen and oxygen atoms in total. The van der Waals surface area contributed by atoms with E-state index < -0.39 is 10.8 Å². The second kappa shape index (κ2) is 8.82. The average Bonchev–Trinajstić information content (AvgIpc) is 3.21. The number of nitrogens with zero attached hydrogens (tertiary/aromatic N) is 7.